The van der Waals surface area contributed by atoms with Crippen molar-refractivity contribution in [3.8, 4) is 0 Å². The van der Waals surface area contributed by atoms with Crippen LogP contribution >= 0.6 is 23.1 Å². The second kappa shape index (κ2) is 7.00. The topological polar surface area (TPSA) is 52.0 Å². The van der Waals surface area contributed by atoms with Crippen LogP contribution in [-0.4, -0.2) is 20.6 Å². The summed E-state index contributed by atoms with van der Waals surface area (Å²) >= 11 is 2.76. The molecule has 136 valence electrons. The second-order valence-corrected chi connectivity index (χ2v) is 9.55. The summed E-state index contributed by atoms with van der Waals surface area (Å²) in [4.78, 5) is 30.4. The predicted octanol–water partition coefficient (Wildman–Crippen LogP) is 4.66. The summed E-state index contributed by atoms with van der Waals surface area (Å²) < 4.78 is 1.52. The zero-order valence-electron chi connectivity index (χ0n) is 15.6. The molecule has 3 aromatic rings. The fourth-order valence-electron chi connectivity index (χ4n) is 2.67. The van der Waals surface area contributed by atoms with Crippen molar-refractivity contribution in [2.24, 2.45) is 7.05 Å². The van der Waals surface area contributed by atoms with Crippen LogP contribution in [0.3, 0.4) is 0 Å². The molecule has 0 amide bonds. The lowest BCUT2D eigenvalue weighted by Crippen LogP contribution is -2.22. The van der Waals surface area contributed by atoms with Crippen LogP contribution in [0.5, 0.6) is 0 Å². The van der Waals surface area contributed by atoms with E-state index >= 15 is 0 Å². The van der Waals surface area contributed by atoms with Crippen LogP contribution < -0.4 is 5.56 Å². The van der Waals surface area contributed by atoms with Crippen LogP contribution in [-0.2, 0) is 12.5 Å². The largest absolute Gasteiger partial charge is 0.293 e. The number of Topliss-reactive ketones (excluding diaryl/α,β-unsaturated/α-hetero) is 1. The Labute approximate surface area is 161 Å². The number of aromatic nitrogens is 2. The van der Waals surface area contributed by atoms with Gasteiger partial charge in [0.2, 0.25) is 0 Å². The third-order valence-corrected chi connectivity index (χ3v) is 6.30. The van der Waals surface area contributed by atoms with Crippen LogP contribution in [0.2, 0.25) is 0 Å². The first-order valence-electron chi connectivity index (χ1n) is 8.44. The first-order chi connectivity index (χ1) is 12.2. The van der Waals surface area contributed by atoms with Gasteiger partial charge in [0, 0.05) is 12.6 Å². The molecule has 0 bridgehead atoms. The maximum atomic E-state index is 12.8. The number of thiophene rings is 1. The van der Waals surface area contributed by atoms with Gasteiger partial charge in [-0.2, -0.15) is 0 Å². The lowest BCUT2D eigenvalue weighted by Gasteiger charge is -2.19. The van der Waals surface area contributed by atoms with E-state index in [2.05, 4.69) is 25.8 Å². The van der Waals surface area contributed by atoms with Crippen molar-refractivity contribution < 1.29 is 4.79 Å². The van der Waals surface area contributed by atoms with Gasteiger partial charge in [0.15, 0.2) is 10.9 Å². The third kappa shape index (κ3) is 3.62. The Balaban J connectivity index is 1.84. The second-order valence-electron chi connectivity index (χ2n) is 7.35. The van der Waals surface area contributed by atoms with E-state index < -0.39 is 0 Å². The van der Waals surface area contributed by atoms with Gasteiger partial charge in [-0.3, -0.25) is 14.2 Å². The average Bonchev–Trinajstić information content (AvgIpc) is 3.06. The summed E-state index contributed by atoms with van der Waals surface area (Å²) in [7, 11) is 1.70. The first-order valence-corrected chi connectivity index (χ1v) is 10.2. The number of benzene rings is 1. The Morgan fingerprint density at radius 3 is 2.46 bits per heavy atom. The monoisotopic (exact) mass is 386 g/mol. The summed E-state index contributed by atoms with van der Waals surface area (Å²) in [5, 5.41) is 2.72. The van der Waals surface area contributed by atoms with Gasteiger partial charge in [-0.1, -0.05) is 56.8 Å². The molecule has 4 nitrogen and oxygen atoms in total. The van der Waals surface area contributed by atoms with E-state index in [1.807, 2.05) is 36.6 Å². The number of carbonyl (C=O) groups excluding carboxylic acids is 1. The molecule has 0 aliphatic carbocycles. The molecule has 0 spiro atoms. The molecule has 6 heteroatoms. The third-order valence-electron chi connectivity index (χ3n) is 4.35. The summed E-state index contributed by atoms with van der Waals surface area (Å²) in [6.45, 7) is 8.30. The summed E-state index contributed by atoms with van der Waals surface area (Å²) in [5.74, 6) is 0.0379. The normalized spacial score (nSPS) is 13.1. The number of carbonyl (C=O) groups is 1. The Bertz CT molecular complexity index is 1010. The van der Waals surface area contributed by atoms with Crippen LogP contribution in [0.1, 0.15) is 43.6 Å². The maximum absolute atomic E-state index is 12.8. The molecule has 0 radical (unpaired) electrons. The van der Waals surface area contributed by atoms with Gasteiger partial charge in [0.25, 0.3) is 5.56 Å². The molecule has 0 N–H and O–H groups in total. The minimum atomic E-state index is -0.328. The SMILES string of the molecule is CC(Sc1nc2sccc2c(=O)n1C)C(=O)c1ccc(C(C)(C)C)cc1. The standard InChI is InChI=1S/C20H22N2O2S2/c1-12(16(23)13-6-8-14(9-7-13)20(2,3)4)26-19-21-17-15(10-11-25-17)18(24)22(19)5/h6-12H,1-5H3. The zero-order valence-corrected chi connectivity index (χ0v) is 17.2. The molecule has 0 fully saturated rings. The molecular weight excluding hydrogens is 364 g/mol. The van der Waals surface area contributed by atoms with E-state index in [0.29, 0.717) is 20.9 Å². The van der Waals surface area contributed by atoms with E-state index in [1.54, 1.807) is 13.1 Å². The van der Waals surface area contributed by atoms with Gasteiger partial charge in [-0.25, -0.2) is 4.98 Å². The van der Waals surface area contributed by atoms with E-state index in [9.17, 15) is 9.59 Å². The summed E-state index contributed by atoms with van der Waals surface area (Å²) in [6.07, 6.45) is 0. The number of ketones is 1. The molecule has 1 unspecified atom stereocenters. The van der Waals surface area contributed by atoms with Crippen molar-refractivity contribution >= 4 is 39.1 Å². The van der Waals surface area contributed by atoms with Crippen molar-refractivity contribution in [1.29, 1.82) is 0 Å². The lowest BCUT2D eigenvalue weighted by atomic mass is 9.86. The Kier molecular flexibility index (Phi) is 5.08. The minimum absolute atomic E-state index is 0.0379. The Morgan fingerprint density at radius 2 is 1.85 bits per heavy atom. The molecule has 0 saturated carbocycles. The fourth-order valence-corrected chi connectivity index (χ4v) is 4.42. The summed E-state index contributed by atoms with van der Waals surface area (Å²) in [5.41, 5.74) is 1.86. The number of hydrogen-bond acceptors (Lipinski definition) is 5. The molecule has 1 atom stereocenters. The molecule has 0 aliphatic rings. The van der Waals surface area contributed by atoms with E-state index in [1.165, 1.54) is 33.2 Å². The van der Waals surface area contributed by atoms with Crippen molar-refractivity contribution in [2.45, 2.75) is 43.5 Å². The van der Waals surface area contributed by atoms with E-state index in [0.717, 1.165) is 0 Å². The number of fused-ring (bicyclic) bond motifs is 1. The average molecular weight is 387 g/mol. The van der Waals surface area contributed by atoms with Gasteiger partial charge >= 0.3 is 0 Å². The van der Waals surface area contributed by atoms with Crippen LogP contribution in [0.4, 0.5) is 0 Å². The van der Waals surface area contributed by atoms with Crippen LogP contribution in [0, 0.1) is 0 Å². The Morgan fingerprint density at radius 1 is 1.19 bits per heavy atom. The smallest absolute Gasteiger partial charge is 0.262 e. The molecule has 0 aliphatic heterocycles. The van der Waals surface area contributed by atoms with Crippen LogP contribution in [0.15, 0.2) is 45.7 Å². The lowest BCUT2D eigenvalue weighted by molar-refractivity contribution is 0.0994. The van der Waals surface area contributed by atoms with Gasteiger partial charge < -0.3 is 0 Å². The number of rotatable bonds is 4. The molecule has 0 saturated heterocycles. The van der Waals surface area contributed by atoms with Gasteiger partial charge in [-0.15, -0.1) is 11.3 Å². The van der Waals surface area contributed by atoms with Gasteiger partial charge in [0.1, 0.15) is 4.83 Å². The van der Waals surface area contributed by atoms with Crippen molar-refractivity contribution in [3.63, 3.8) is 0 Å². The van der Waals surface area contributed by atoms with Gasteiger partial charge in [0.05, 0.1) is 10.6 Å². The zero-order chi connectivity index (χ0) is 19.1. The highest BCUT2D eigenvalue weighted by Gasteiger charge is 2.21. The number of thioether (sulfide) groups is 1. The predicted molar refractivity (Wildman–Crippen MR) is 110 cm³/mol. The van der Waals surface area contributed by atoms with E-state index in [-0.39, 0.29) is 22.0 Å². The number of hydrogen-bond donors (Lipinski definition) is 0. The summed E-state index contributed by atoms with van der Waals surface area (Å²) in [6, 6.07) is 9.57. The highest BCUT2D eigenvalue weighted by molar-refractivity contribution is 8.00. The molecule has 26 heavy (non-hydrogen) atoms. The van der Waals surface area contributed by atoms with Crippen LogP contribution in [0.25, 0.3) is 10.2 Å². The van der Waals surface area contributed by atoms with Crippen molar-refractivity contribution in [3.05, 3.63) is 57.2 Å². The quantitative estimate of drug-likeness (QED) is 0.372. The van der Waals surface area contributed by atoms with Gasteiger partial charge in [-0.05, 0) is 29.3 Å². The molecule has 1 aromatic carbocycles. The van der Waals surface area contributed by atoms with Crippen molar-refractivity contribution in [2.75, 3.05) is 0 Å². The molecule has 3 rings (SSSR count). The number of nitrogens with zero attached hydrogens (tertiary/aromatic N) is 2. The Hall–Kier alpha value is -1.92. The minimum Gasteiger partial charge on any atom is -0.293 e. The highest BCUT2D eigenvalue weighted by Crippen LogP contribution is 2.27. The fraction of sp³-hybridized carbons (Fsp3) is 0.350. The first kappa shape index (κ1) is 18.9. The highest BCUT2D eigenvalue weighted by atomic mass is 32.2. The molecule has 2 aromatic heterocycles. The molecule has 2 heterocycles. The van der Waals surface area contributed by atoms with E-state index in [4.69, 9.17) is 0 Å². The maximum Gasteiger partial charge on any atom is 0.262 e. The molecular formula is C20H22N2O2S2. The van der Waals surface area contributed by atoms with Crippen molar-refractivity contribution in [1.82, 2.24) is 9.55 Å².